The van der Waals surface area contributed by atoms with Gasteiger partial charge in [-0.05, 0) is 36.8 Å². The number of halogens is 1. The average Bonchev–Trinajstić information content (AvgIpc) is 2.38. The molecule has 1 aliphatic heterocycles. The third-order valence-corrected chi connectivity index (χ3v) is 3.02. The fourth-order valence-electron chi connectivity index (χ4n) is 2.08. The van der Waals surface area contributed by atoms with Gasteiger partial charge >= 0.3 is 0 Å². The van der Waals surface area contributed by atoms with E-state index in [4.69, 9.17) is 0 Å². The van der Waals surface area contributed by atoms with Crippen molar-refractivity contribution in [1.29, 1.82) is 0 Å². The lowest BCUT2D eigenvalue weighted by Crippen LogP contribution is -2.39. The second-order valence-electron chi connectivity index (χ2n) is 4.45. The van der Waals surface area contributed by atoms with Crippen molar-refractivity contribution in [3.05, 3.63) is 59.0 Å². The normalized spacial score (nSPS) is 17.4. The summed E-state index contributed by atoms with van der Waals surface area (Å²) in [6.45, 7) is 1.85. The summed E-state index contributed by atoms with van der Waals surface area (Å²) in [6, 6.07) is 9.62. The predicted octanol–water partition coefficient (Wildman–Crippen LogP) is 2.38. The number of hydrogen-bond acceptors (Lipinski definition) is 3. The van der Waals surface area contributed by atoms with E-state index < -0.39 is 6.17 Å². The van der Waals surface area contributed by atoms with E-state index in [-0.39, 0.29) is 11.7 Å². The molecule has 0 spiro atoms. The van der Waals surface area contributed by atoms with Crippen molar-refractivity contribution in [3.8, 4) is 0 Å². The molecule has 2 aromatic rings. The van der Waals surface area contributed by atoms with Crippen molar-refractivity contribution in [3.63, 3.8) is 0 Å². The maximum atomic E-state index is 13.2. The van der Waals surface area contributed by atoms with Crippen LogP contribution in [-0.4, -0.2) is 10.9 Å². The van der Waals surface area contributed by atoms with Crippen LogP contribution in [0.25, 0.3) is 0 Å². The van der Waals surface area contributed by atoms with Crippen molar-refractivity contribution in [2.24, 2.45) is 0 Å². The summed E-state index contributed by atoms with van der Waals surface area (Å²) >= 11 is 0. The molecule has 96 valence electrons. The van der Waals surface area contributed by atoms with Gasteiger partial charge in [-0.3, -0.25) is 4.79 Å². The van der Waals surface area contributed by atoms with Gasteiger partial charge in [0.25, 0.3) is 5.91 Å². The van der Waals surface area contributed by atoms with Crippen molar-refractivity contribution >= 4 is 11.7 Å². The topological polar surface area (TPSA) is 54.0 Å². The molecule has 1 amide bonds. The van der Waals surface area contributed by atoms with Crippen LogP contribution in [0, 0.1) is 12.7 Å². The Labute approximate surface area is 109 Å². The minimum atomic E-state index is -0.468. The zero-order valence-electron chi connectivity index (χ0n) is 10.3. The Morgan fingerprint density at radius 2 is 2.05 bits per heavy atom. The largest absolute Gasteiger partial charge is 0.346 e. The number of benzene rings is 1. The standard InChI is InChI=1S/C14H12FN3O/c1-8-5-6-11-13(16-8)17-12(18-14(11)19)9-3-2-4-10(15)7-9/h2-7,12H,1H3,(H,16,17)(H,18,19). The van der Waals surface area contributed by atoms with Crippen molar-refractivity contribution in [1.82, 2.24) is 10.3 Å². The summed E-state index contributed by atoms with van der Waals surface area (Å²) in [7, 11) is 0. The second-order valence-corrected chi connectivity index (χ2v) is 4.45. The predicted molar refractivity (Wildman–Crippen MR) is 69.2 cm³/mol. The van der Waals surface area contributed by atoms with Crippen molar-refractivity contribution in [2.75, 3.05) is 5.32 Å². The molecule has 19 heavy (non-hydrogen) atoms. The molecule has 2 N–H and O–H groups in total. The Morgan fingerprint density at radius 3 is 2.84 bits per heavy atom. The van der Waals surface area contributed by atoms with E-state index >= 15 is 0 Å². The Balaban J connectivity index is 1.98. The molecular weight excluding hydrogens is 245 g/mol. The molecule has 1 aromatic heterocycles. The number of aryl methyl sites for hydroxylation is 1. The Morgan fingerprint density at radius 1 is 1.21 bits per heavy atom. The van der Waals surface area contributed by atoms with Gasteiger partial charge in [0.05, 0.1) is 5.56 Å². The lowest BCUT2D eigenvalue weighted by Gasteiger charge is -2.27. The number of amides is 1. The number of carbonyl (C=O) groups excluding carboxylic acids is 1. The van der Waals surface area contributed by atoms with Gasteiger partial charge in [0, 0.05) is 5.69 Å². The minimum absolute atomic E-state index is 0.212. The lowest BCUT2D eigenvalue weighted by molar-refractivity contribution is 0.0935. The Bertz CT molecular complexity index is 657. The molecule has 3 rings (SSSR count). The number of aromatic nitrogens is 1. The van der Waals surface area contributed by atoms with Crippen LogP contribution in [0.1, 0.15) is 27.8 Å². The second kappa shape index (κ2) is 4.35. The molecule has 4 nitrogen and oxygen atoms in total. The van der Waals surface area contributed by atoms with Crippen molar-refractivity contribution in [2.45, 2.75) is 13.1 Å². The fourth-order valence-corrected chi connectivity index (χ4v) is 2.08. The van der Waals surface area contributed by atoms with Crippen LogP contribution in [0.5, 0.6) is 0 Å². The number of pyridine rings is 1. The molecule has 0 saturated heterocycles. The number of anilines is 1. The molecule has 1 unspecified atom stereocenters. The molecule has 1 aromatic carbocycles. The zero-order valence-corrected chi connectivity index (χ0v) is 10.3. The summed E-state index contributed by atoms with van der Waals surface area (Å²) in [5.74, 6) is -0.0231. The highest BCUT2D eigenvalue weighted by Gasteiger charge is 2.25. The summed E-state index contributed by atoms with van der Waals surface area (Å²) in [6.07, 6.45) is -0.468. The van der Waals surface area contributed by atoms with E-state index in [0.717, 1.165) is 5.69 Å². The van der Waals surface area contributed by atoms with Gasteiger partial charge < -0.3 is 10.6 Å². The number of carbonyl (C=O) groups is 1. The quantitative estimate of drug-likeness (QED) is 0.824. The first-order valence-corrected chi connectivity index (χ1v) is 5.94. The SMILES string of the molecule is Cc1ccc2c(n1)NC(c1cccc(F)c1)NC2=O. The number of fused-ring (bicyclic) bond motifs is 1. The van der Waals surface area contributed by atoms with Crippen LogP contribution >= 0.6 is 0 Å². The maximum absolute atomic E-state index is 13.2. The first-order valence-electron chi connectivity index (χ1n) is 5.94. The van der Waals surface area contributed by atoms with Gasteiger partial charge in [-0.15, -0.1) is 0 Å². The molecular formula is C14H12FN3O. The number of nitrogens with zero attached hydrogens (tertiary/aromatic N) is 1. The van der Waals surface area contributed by atoms with Gasteiger partial charge in [-0.1, -0.05) is 12.1 Å². The fraction of sp³-hybridized carbons (Fsp3) is 0.143. The molecule has 2 heterocycles. The Hall–Kier alpha value is -2.43. The summed E-state index contributed by atoms with van der Waals surface area (Å²) in [4.78, 5) is 16.3. The molecule has 0 aliphatic carbocycles. The summed E-state index contributed by atoms with van der Waals surface area (Å²) in [5.41, 5.74) is 1.97. The lowest BCUT2D eigenvalue weighted by atomic mass is 10.1. The minimum Gasteiger partial charge on any atom is -0.346 e. The first kappa shape index (κ1) is 11.6. The average molecular weight is 257 g/mol. The summed E-state index contributed by atoms with van der Waals surface area (Å²) < 4.78 is 13.2. The first-order chi connectivity index (χ1) is 9.13. The number of rotatable bonds is 1. The summed E-state index contributed by atoms with van der Waals surface area (Å²) in [5, 5.41) is 5.88. The van der Waals surface area contributed by atoms with Crippen LogP contribution in [0.4, 0.5) is 10.2 Å². The molecule has 1 aliphatic rings. The van der Waals surface area contributed by atoms with Crippen LogP contribution in [0.15, 0.2) is 36.4 Å². The molecule has 0 fully saturated rings. The Kier molecular flexibility index (Phi) is 2.67. The molecule has 5 heteroatoms. The van der Waals surface area contributed by atoms with Crippen LogP contribution < -0.4 is 10.6 Å². The van der Waals surface area contributed by atoms with Crippen LogP contribution in [-0.2, 0) is 0 Å². The van der Waals surface area contributed by atoms with E-state index in [1.54, 1.807) is 24.3 Å². The third kappa shape index (κ3) is 2.14. The van der Waals surface area contributed by atoms with E-state index in [2.05, 4.69) is 15.6 Å². The third-order valence-electron chi connectivity index (χ3n) is 3.02. The van der Waals surface area contributed by atoms with E-state index in [1.165, 1.54) is 12.1 Å². The van der Waals surface area contributed by atoms with E-state index in [1.807, 2.05) is 6.92 Å². The van der Waals surface area contributed by atoms with Gasteiger partial charge in [0.2, 0.25) is 0 Å². The zero-order chi connectivity index (χ0) is 13.4. The monoisotopic (exact) mass is 257 g/mol. The molecule has 0 bridgehead atoms. The highest BCUT2D eigenvalue weighted by atomic mass is 19.1. The van der Waals surface area contributed by atoms with Crippen LogP contribution in [0.2, 0.25) is 0 Å². The molecule has 1 atom stereocenters. The van der Waals surface area contributed by atoms with Gasteiger partial charge in [-0.25, -0.2) is 9.37 Å². The highest BCUT2D eigenvalue weighted by Crippen LogP contribution is 2.25. The highest BCUT2D eigenvalue weighted by molar-refractivity contribution is 6.00. The van der Waals surface area contributed by atoms with Crippen molar-refractivity contribution < 1.29 is 9.18 Å². The number of hydrogen-bond donors (Lipinski definition) is 2. The molecule has 0 radical (unpaired) electrons. The van der Waals surface area contributed by atoms with Gasteiger partial charge in [-0.2, -0.15) is 0 Å². The van der Waals surface area contributed by atoms with E-state index in [9.17, 15) is 9.18 Å². The maximum Gasteiger partial charge on any atom is 0.256 e. The van der Waals surface area contributed by atoms with Gasteiger partial charge in [0.1, 0.15) is 17.8 Å². The van der Waals surface area contributed by atoms with Crippen LogP contribution in [0.3, 0.4) is 0 Å². The van der Waals surface area contributed by atoms with Gasteiger partial charge in [0.15, 0.2) is 0 Å². The van der Waals surface area contributed by atoms with E-state index in [0.29, 0.717) is 16.9 Å². The smallest absolute Gasteiger partial charge is 0.256 e. The molecule has 0 saturated carbocycles. The number of nitrogens with one attached hydrogen (secondary N) is 2.